The second-order valence-corrected chi connectivity index (χ2v) is 7.06. The molecule has 0 aliphatic carbocycles. The topological polar surface area (TPSA) is 121 Å². The van der Waals surface area contributed by atoms with Crippen LogP contribution in [0.15, 0.2) is 76.2 Å². The summed E-state index contributed by atoms with van der Waals surface area (Å²) in [6.45, 7) is 0.390. The van der Waals surface area contributed by atoms with E-state index >= 15 is 0 Å². The van der Waals surface area contributed by atoms with E-state index in [1.807, 2.05) is 30.3 Å². The van der Waals surface area contributed by atoms with Crippen molar-refractivity contribution < 1.29 is 23.9 Å². The van der Waals surface area contributed by atoms with Gasteiger partial charge in [0.25, 0.3) is 5.91 Å². The molecular weight excluding hydrogens is 398 g/mol. The van der Waals surface area contributed by atoms with Crippen molar-refractivity contribution in [1.29, 1.82) is 0 Å². The second kappa shape index (κ2) is 8.66. The third kappa shape index (κ3) is 4.37. The van der Waals surface area contributed by atoms with Gasteiger partial charge in [-0.2, -0.15) is 5.10 Å². The first-order chi connectivity index (χ1) is 15.0. The zero-order valence-corrected chi connectivity index (χ0v) is 16.3. The molecule has 1 fully saturated rings. The molecule has 1 saturated heterocycles. The minimum Gasteiger partial charge on any atom is -0.478 e. The first kappa shape index (κ1) is 20.1. The average molecular weight is 417 g/mol. The maximum atomic E-state index is 12.6. The zero-order valence-electron chi connectivity index (χ0n) is 16.3. The third-order valence-corrected chi connectivity index (χ3v) is 5.08. The van der Waals surface area contributed by atoms with Gasteiger partial charge in [-0.3, -0.25) is 9.59 Å². The van der Waals surface area contributed by atoms with Crippen molar-refractivity contribution in [2.75, 3.05) is 6.54 Å². The molecule has 1 aromatic heterocycles. The molecule has 2 aromatic carbocycles. The van der Waals surface area contributed by atoms with Crippen molar-refractivity contribution in [2.24, 2.45) is 11.0 Å². The summed E-state index contributed by atoms with van der Waals surface area (Å²) in [5, 5.41) is 15.7. The number of carbonyl (C=O) groups excluding carboxylic acids is 2. The van der Waals surface area contributed by atoms with Gasteiger partial charge in [0.2, 0.25) is 5.91 Å². The smallest absolute Gasteiger partial charge is 0.335 e. The molecule has 2 heterocycles. The summed E-state index contributed by atoms with van der Waals surface area (Å²) in [5.74, 6) is -2.16. The number of hydrazone groups is 1. The number of nitrogens with one attached hydrogen (secondary N) is 2. The van der Waals surface area contributed by atoms with Gasteiger partial charge in [0.05, 0.1) is 11.8 Å². The highest BCUT2D eigenvalue weighted by Gasteiger charge is 2.40. The third-order valence-electron chi connectivity index (χ3n) is 5.08. The van der Waals surface area contributed by atoms with Gasteiger partial charge >= 0.3 is 5.97 Å². The Bertz CT molecular complexity index is 1150. The molecule has 0 bridgehead atoms. The van der Waals surface area contributed by atoms with Crippen molar-refractivity contribution in [1.82, 2.24) is 10.7 Å². The number of amides is 2. The highest BCUT2D eigenvalue weighted by Crippen LogP contribution is 2.29. The van der Waals surface area contributed by atoms with Crippen LogP contribution >= 0.6 is 0 Å². The number of carboxylic acid groups (broad SMARTS) is 1. The maximum Gasteiger partial charge on any atom is 0.335 e. The van der Waals surface area contributed by atoms with Crippen molar-refractivity contribution in [3.8, 4) is 11.3 Å². The van der Waals surface area contributed by atoms with Gasteiger partial charge in [-0.15, -0.1) is 0 Å². The normalized spacial score (nSPS) is 18.1. The summed E-state index contributed by atoms with van der Waals surface area (Å²) >= 11 is 0. The quantitative estimate of drug-likeness (QED) is 0.323. The van der Waals surface area contributed by atoms with E-state index in [4.69, 9.17) is 9.52 Å². The highest BCUT2D eigenvalue weighted by atomic mass is 16.4. The molecule has 1 aliphatic heterocycles. The number of nitrogens with zero attached hydrogens (tertiary/aromatic N) is 1. The van der Waals surface area contributed by atoms with Crippen LogP contribution in [0.4, 0.5) is 0 Å². The zero-order chi connectivity index (χ0) is 21.8. The van der Waals surface area contributed by atoms with E-state index in [1.165, 1.54) is 18.3 Å². The number of aromatic carboxylic acids is 1. The molecule has 1 aliphatic rings. The van der Waals surface area contributed by atoms with Crippen LogP contribution in [0.25, 0.3) is 11.3 Å². The minimum absolute atomic E-state index is 0.152. The Morgan fingerprint density at radius 3 is 2.68 bits per heavy atom. The highest BCUT2D eigenvalue weighted by molar-refractivity contribution is 6.03. The van der Waals surface area contributed by atoms with E-state index in [0.717, 1.165) is 5.56 Å². The monoisotopic (exact) mass is 417 g/mol. The van der Waals surface area contributed by atoms with Gasteiger partial charge < -0.3 is 14.8 Å². The van der Waals surface area contributed by atoms with Crippen LogP contribution in [0.1, 0.15) is 27.6 Å². The lowest BCUT2D eigenvalue weighted by Crippen LogP contribution is -2.34. The molecule has 0 radical (unpaired) electrons. The predicted octanol–water partition coefficient (Wildman–Crippen LogP) is 2.62. The summed E-state index contributed by atoms with van der Waals surface area (Å²) < 4.78 is 5.65. The summed E-state index contributed by atoms with van der Waals surface area (Å²) in [6.07, 6.45) is 1.33. The van der Waals surface area contributed by atoms with Crippen molar-refractivity contribution in [3.05, 3.63) is 83.6 Å². The number of benzene rings is 2. The van der Waals surface area contributed by atoms with Gasteiger partial charge in [0.15, 0.2) is 0 Å². The Morgan fingerprint density at radius 1 is 1.10 bits per heavy atom. The molecular formula is C23H19N3O5. The number of carboxylic acids is 1. The maximum absolute atomic E-state index is 12.6. The number of furan rings is 1. The van der Waals surface area contributed by atoms with E-state index in [-0.39, 0.29) is 17.4 Å². The molecule has 3 aromatic rings. The first-order valence-electron chi connectivity index (χ1n) is 9.62. The Labute approximate surface area is 177 Å². The first-order valence-corrected chi connectivity index (χ1v) is 9.62. The van der Waals surface area contributed by atoms with Crippen LogP contribution in [-0.4, -0.2) is 35.6 Å². The molecule has 0 spiro atoms. The molecule has 2 amide bonds. The lowest BCUT2D eigenvalue weighted by molar-refractivity contribution is -0.133. The van der Waals surface area contributed by atoms with Crippen LogP contribution in [0, 0.1) is 5.92 Å². The van der Waals surface area contributed by atoms with Gasteiger partial charge in [-0.05, 0) is 29.8 Å². The number of hydrogen-bond acceptors (Lipinski definition) is 5. The fourth-order valence-corrected chi connectivity index (χ4v) is 3.55. The fraction of sp³-hybridized carbons (Fsp3) is 0.130. The van der Waals surface area contributed by atoms with E-state index < -0.39 is 17.8 Å². The van der Waals surface area contributed by atoms with Crippen LogP contribution in [-0.2, 0) is 9.59 Å². The van der Waals surface area contributed by atoms with Crippen LogP contribution < -0.4 is 10.7 Å². The van der Waals surface area contributed by atoms with Gasteiger partial charge in [-0.1, -0.05) is 42.5 Å². The molecule has 8 nitrogen and oxygen atoms in total. The molecule has 8 heteroatoms. The SMILES string of the molecule is O=C(O)c1cccc(-c2ccc(/C=N/NC(=O)[C@H]3C(=O)NC[C@H]3c3ccccc3)o2)c1. The Balaban J connectivity index is 1.43. The van der Waals surface area contributed by atoms with Gasteiger partial charge in [0, 0.05) is 18.0 Å². The summed E-state index contributed by atoms with van der Waals surface area (Å²) in [6, 6.07) is 19.1. The van der Waals surface area contributed by atoms with E-state index in [0.29, 0.717) is 23.6 Å². The number of hydrogen-bond donors (Lipinski definition) is 3. The Kier molecular flexibility index (Phi) is 5.61. The van der Waals surface area contributed by atoms with E-state index in [1.54, 1.807) is 24.3 Å². The van der Waals surface area contributed by atoms with Crippen LogP contribution in [0.2, 0.25) is 0 Å². The summed E-state index contributed by atoms with van der Waals surface area (Å²) in [4.78, 5) is 35.9. The summed E-state index contributed by atoms with van der Waals surface area (Å²) in [5.41, 5.74) is 4.08. The Morgan fingerprint density at radius 2 is 1.90 bits per heavy atom. The second-order valence-electron chi connectivity index (χ2n) is 7.06. The molecule has 156 valence electrons. The predicted molar refractivity (Wildman–Crippen MR) is 113 cm³/mol. The summed E-state index contributed by atoms with van der Waals surface area (Å²) in [7, 11) is 0. The Hall–Kier alpha value is -4.20. The molecule has 2 atom stereocenters. The number of rotatable bonds is 6. The fourth-order valence-electron chi connectivity index (χ4n) is 3.55. The molecule has 0 unspecified atom stereocenters. The minimum atomic E-state index is -1.03. The van der Waals surface area contributed by atoms with Crippen molar-refractivity contribution >= 4 is 24.0 Å². The molecule has 0 saturated carbocycles. The standard InChI is InChI=1S/C23H19N3O5/c27-21-20(18(13-24-21)14-5-2-1-3-6-14)22(28)26-25-12-17-9-10-19(31-17)15-7-4-8-16(11-15)23(29)30/h1-12,18,20H,13H2,(H,24,27)(H,26,28)(H,29,30)/b25-12+/t18-,20+/m0/s1. The van der Waals surface area contributed by atoms with Gasteiger partial charge in [-0.25, -0.2) is 10.2 Å². The number of carbonyl (C=O) groups is 3. The lowest BCUT2D eigenvalue weighted by atomic mass is 9.88. The van der Waals surface area contributed by atoms with Crippen LogP contribution in [0.3, 0.4) is 0 Å². The molecule has 3 N–H and O–H groups in total. The van der Waals surface area contributed by atoms with E-state index in [9.17, 15) is 14.4 Å². The van der Waals surface area contributed by atoms with Crippen LogP contribution in [0.5, 0.6) is 0 Å². The van der Waals surface area contributed by atoms with Gasteiger partial charge in [0.1, 0.15) is 17.4 Å². The lowest BCUT2D eigenvalue weighted by Gasteiger charge is -2.15. The van der Waals surface area contributed by atoms with Crippen molar-refractivity contribution in [2.45, 2.75) is 5.92 Å². The van der Waals surface area contributed by atoms with E-state index in [2.05, 4.69) is 15.8 Å². The van der Waals surface area contributed by atoms with Crippen molar-refractivity contribution in [3.63, 3.8) is 0 Å². The average Bonchev–Trinajstić information content (AvgIpc) is 3.41. The largest absolute Gasteiger partial charge is 0.478 e. The molecule has 4 rings (SSSR count). The molecule has 31 heavy (non-hydrogen) atoms.